The van der Waals surface area contributed by atoms with E-state index in [0.29, 0.717) is 6.54 Å². The average molecular weight is 519 g/mol. The monoisotopic (exact) mass is 518 g/mol. The lowest BCUT2D eigenvalue weighted by atomic mass is 10.2. The second-order valence-electron chi connectivity index (χ2n) is 7.03. The summed E-state index contributed by atoms with van der Waals surface area (Å²) in [4.78, 5) is 10.9. The Balaban J connectivity index is 2.07. The van der Waals surface area contributed by atoms with Crippen LogP contribution in [0.4, 0.5) is 16.2 Å². The Hall–Kier alpha value is -3.08. The van der Waals surface area contributed by atoms with E-state index >= 15 is 0 Å². The van der Waals surface area contributed by atoms with E-state index in [9.17, 15) is 21.6 Å². The van der Waals surface area contributed by atoms with Crippen LogP contribution >= 0.6 is 0 Å². The third kappa shape index (κ3) is 5.52. The van der Waals surface area contributed by atoms with Gasteiger partial charge in [-0.05, 0) is 32.0 Å². The van der Waals surface area contributed by atoms with Gasteiger partial charge in [0.2, 0.25) is 0 Å². The van der Waals surface area contributed by atoms with Gasteiger partial charge < -0.3 is 14.6 Å². The number of rotatable bonds is 10. The molecule has 2 aromatic rings. The fourth-order valence-electron chi connectivity index (χ4n) is 3.20. The maximum absolute atomic E-state index is 13.8. The Morgan fingerprint density at radius 1 is 1.29 bits per heavy atom. The zero-order valence-corrected chi connectivity index (χ0v) is 20.3. The molecule has 14 nitrogen and oxygen atoms in total. The molecule has 1 aromatic carbocycles. The lowest BCUT2D eigenvalue weighted by Crippen LogP contribution is -2.49. The van der Waals surface area contributed by atoms with E-state index in [1.807, 2.05) is 0 Å². The van der Waals surface area contributed by atoms with Crippen molar-refractivity contribution in [2.75, 3.05) is 36.4 Å². The highest BCUT2D eigenvalue weighted by Gasteiger charge is 2.38. The predicted octanol–water partition coefficient (Wildman–Crippen LogP) is 0.402. The molecule has 16 heteroatoms. The zero-order valence-electron chi connectivity index (χ0n) is 18.7. The van der Waals surface area contributed by atoms with E-state index in [2.05, 4.69) is 19.9 Å². The Morgan fingerprint density at radius 3 is 2.65 bits per heavy atom. The number of hydrogen-bond donors (Lipinski definition) is 4. The summed E-state index contributed by atoms with van der Waals surface area (Å²) >= 11 is 0. The van der Waals surface area contributed by atoms with Crippen LogP contribution in [0, 0.1) is 0 Å². The topological polar surface area (TPSA) is 181 Å². The summed E-state index contributed by atoms with van der Waals surface area (Å²) in [5.74, 6) is 0.0462. The first-order chi connectivity index (χ1) is 16.0. The Labute approximate surface area is 197 Å². The highest BCUT2D eigenvalue weighted by molar-refractivity contribution is 7.93. The van der Waals surface area contributed by atoms with E-state index in [4.69, 9.17) is 14.6 Å². The molecular weight excluding hydrogens is 492 g/mol. The van der Waals surface area contributed by atoms with Gasteiger partial charge in [0.25, 0.3) is 26.1 Å². The summed E-state index contributed by atoms with van der Waals surface area (Å²) < 4.78 is 69.2. The number of carboxylic acid groups (broad SMARTS) is 1. The fraction of sp³-hybridized carbons (Fsp3) is 0.444. The number of aryl methyl sites for hydroxylation is 1. The number of anilines is 2. The summed E-state index contributed by atoms with van der Waals surface area (Å²) in [5, 5.41) is 15.4. The molecule has 2 heterocycles. The first-order valence-corrected chi connectivity index (χ1v) is 13.1. The molecule has 1 unspecified atom stereocenters. The number of carbonyl (C=O) groups is 1. The minimum atomic E-state index is -4.28. The molecular formula is C18H26N6O8S2. The van der Waals surface area contributed by atoms with Crippen molar-refractivity contribution in [3.63, 3.8) is 0 Å². The second-order valence-corrected chi connectivity index (χ2v) is 10.6. The number of hydrogen-bond acceptors (Lipinski definition) is 8. The van der Waals surface area contributed by atoms with Crippen LogP contribution in [0.3, 0.4) is 0 Å². The zero-order chi connectivity index (χ0) is 25.1. The molecule has 34 heavy (non-hydrogen) atoms. The molecule has 1 aliphatic rings. The van der Waals surface area contributed by atoms with Crippen LogP contribution < -0.4 is 28.5 Å². The van der Waals surface area contributed by atoms with Crippen molar-refractivity contribution in [2.24, 2.45) is 0 Å². The lowest BCUT2D eigenvalue weighted by molar-refractivity contribution is 0.203. The molecule has 0 saturated carbocycles. The van der Waals surface area contributed by atoms with Crippen molar-refractivity contribution in [2.45, 2.75) is 31.4 Å². The van der Waals surface area contributed by atoms with Gasteiger partial charge in [-0.15, -0.1) is 5.10 Å². The lowest BCUT2D eigenvalue weighted by Gasteiger charge is -2.35. The number of benzene rings is 1. The average Bonchev–Trinajstić information content (AvgIpc) is 3.21. The quantitative estimate of drug-likeness (QED) is 0.346. The number of ether oxygens (including phenoxy) is 2. The summed E-state index contributed by atoms with van der Waals surface area (Å²) in [5.41, 5.74) is 0.198. The maximum atomic E-state index is 13.8. The minimum absolute atomic E-state index is 0.0747. The van der Waals surface area contributed by atoms with Gasteiger partial charge in [-0.2, -0.15) is 13.1 Å². The number of nitrogens with one attached hydrogen (secondary N) is 3. The van der Waals surface area contributed by atoms with Gasteiger partial charge in [0, 0.05) is 25.5 Å². The number of amides is 1. The van der Waals surface area contributed by atoms with E-state index in [1.165, 1.54) is 36.1 Å². The van der Waals surface area contributed by atoms with Gasteiger partial charge in [0.15, 0.2) is 4.90 Å². The van der Waals surface area contributed by atoms with Crippen LogP contribution in [0.5, 0.6) is 11.6 Å². The van der Waals surface area contributed by atoms with Crippen molar-refractivity contribution in [1.82, 2.24) is 19.2 Å². The van der Waals surface area contributed by atoms with Crippen molar-refractivity contribution >= 4 is 37.7 Å². The molecule has 1 amide bonds. The first kappa shape index (κ1) is 25.5. The summed E-state index contributed by atoms with van der Waals surface area (Å²) in [7, 11) is -6.84. The third-order valence-corrected chi connectivity index (χ3v) is 7.63. The molecule has 3 rings (SSSR count). The van der Waals surface area contributed by atoms with E-state index in [0.717, 1.165) is 4.31 Å². The summed E-state index contributed by atoms with van der Waals surface area (Å²) in [6, 6.07) is 4.12. The molecule has 0 aliphatic carbocycles. The molecule has 0 fully saturated rings. The van der Waals surface area contributed by atoms with E-state index in [-0.39, 0.29) is 47.6 Å². The molecule has 0 saturated heterocycles. The van der Waals surface area contributed by atoms with Crippen molar-refractivity contribution in [3.8, 4) is 11.6 Å². The Kier molecular flexibility index (Phi) is 7.54. The first-order valence-electron chi connectivity index (χ1n) is 10.2. The van der Waals surface area contributed by atoms with Crippen LogP contribution in [-0.2, 0) is 26.8 Å². The van der Waals surface area contributed by atoms with Gasteiger partial charge in [0.05, 0.1) is 25.4 Å². The van der Waals surface area contributed by atoms with Gasteiger partial charge in [0.1, 0.15) is 11.9 Å². The van der Waals surface area contributed by atoms with Gasteiger partial charge in [-0.25, -0.2) is 17.9 Å². The van der Waals surface area contributed by atoms with Gasteiger partial charge in [-0.1, -0.05) is 0 Å². The molecule has 0 radical (unpaired) electrons. The normalized spacial score (nSPS) is 16.0. The standard InChI is InChI=1S/C18H26N6O8S2/c1-4-23-11-16(17(22-23)31-5-2)33(27,28)24-10-13(9-20-34(29,30)19-3)32-15-7-6-12(8-14(15)24)21-18(25)26/h6-8,11,13,19-21H,4-5,9-10H2,1-3H3,(H,25,26). The highest BCUT2D eigenvalue weighted by atomic mass is 32.2. The van der Waals surface area contributed by atoms with Crippen LogP contribution in [0.1, 0.15) is 13.8 Å². The van der Waals surface area contributed by atoms with Crippen LogP contribution in [0.25, 0.3) is 0 Å². The molecule has 1 aliphatic heterocycles. The van der Waals surface area contributed by atoms with Crippen LogP contribution in [-0.4, -0.2) is 70.7 Å². The number of fused-ring (bicyclic) bond motifs is 1. The molecule has 0 bridgehead atoms. The third-order valence-electron chi connectivity index (χ3n) is 4.78. The van der Waals surface area contributed by atoms with Crippen LogP contribution in [0.15, 0.2) is 29.3 Å². The molecule has 1 atom stereocenters. The van der Waals surface area contributed by atoms with Gasteiger partial charge >= 0.3 is 6.09 Å². The predicted molar refractivity (Wildman–Crippen MR) is 122 cm³/mol. The molecule has 188 valence electrons. The number of sulfonamides is 1. The second kappa shape index (κ2) is 10.0. The SMILES string of the molecule is CCOc1nn(CC)cc1S(=O)(=O)N1CC(CNS(=O)(=O)NC)Oc2ccc(NC(=O)O)cc21. The maximum Gasteiger partial charge on any atom is 0.409 e. The van der Waals surface area contributed by atoms with E-state index < -0.39 is 32.4 Å². The molecule has 0 spiro atoms. The van der Waals surface area contributed by atoms with Crippen LogP contribution in [0.2, 0.25) is 0 Å². The van der Waals surface area contributed by atoms with E-state index in [1.54, 1.807) is 13.8 Å². The van der Waals surface area contributed by atoms with Crippen molar-refractivity contribution < 1.29 is 36.2 Å². The number of nitrogens with zero attached hydrogens (tertiary/aromatic N) is 3. The highest BCUT2D eigenvalue weighted by Crippen LogP contribution is 2.40. The Bertz CT molecular complexity index is 1260. The summed E-state index contributed by atoms with van der Waals surface area (Å²) in [6.45, 7) is 3.58. The summed E-state index contributed by atoms with van der Waals surface area (Å²) in [6.07, 6.45) is -0.873. The molecule has 1 aromatic heterocycles. The minimum Gasteiger partial charge on any atom is -0.485 e. The fourth-order valence-corrected chi connectivity index (χ4v) is 5.33. The van der Waals surface area contributed by atoms with Gasteiger partial charge in [-0.3, -0.25) is 14.3 Å². The number of aromatic nitrogens is 2. The van der Waals surface area contributed by atoms with Crippen molar-refractivity contribution in [1.29, 1.82) is 0 Å². The molecule has 4 N–H and O–H groups in total. The smallest absolute Gasteiger partial charge is 0.409 e. The Morgan fingerprint density at radius 2 is 2.03 bits per heavy atom. The van der Waals surface area contributed by atoms with Crippen molar-refractivity contribution in [3.05, 3.63) is 24.4 Å². The largest absolute Gasteiger partial charge is 0.485 e.